The number of halogens is 6. The van der Waals surface area contributed by atoms with E-state index in [-0.39, 0.29) is 6.42 Å². The first kappa shape index (κ1) is 22.2. The molecule has 0 aliphatic rings. The van der Waals surface area contributed by atoms with Crippen molar-refractivity contribution < 1.29 is 26.3 Å². The molecule has 0 heterocycles. The monoisotopic (exact) mass is 370 g/mol. The Kier molecular flexibility index (Phi) is 10.3. The second-order valence-corrected chi connectivity index (χ2v) is 10.4. The molecule has 0 nitrogen and oxygen atoms in total. The highest BCUT2D eigenvalue weighted by molar-refractivity contribution is 8.15. The van der Waals surface area contributed by atoms with E-state index < -0.39 is 24.0 Å². The van der Waals surface area contributed by atoms with E-state index in [1.807, 2.05) is 0 Å². The van der Waals surface area contributed by atoms with Crippen LogP contribution in [0.2, 0.25) is 0 Å². The lowest BCUT2D eigenvalue weighted by atomic mass is 10.1. The molecule has 0 unspecified atom stereocenters. The minimum Gasteiger partial charge on any atom is -0.166 e. The average Bonchev–Trinajstić information content (AvgIpc) is 2.38. The summed E-state index contributed by atoms with van der Waals surface area (Å²) < 4.78 is 75.6. The van der Waals surface area contributed by atoms with E-state index in [9.17, 15) is 26.3 Å². The lowest BCUT2D eigenvalue weighted by Crippen LogP contribution is -2.24. The van der Waals surface area contributed by atoms with Crippen molar-refractivity contribution in [1.29, 1.82) is 0 Å². The van der Waals surface area contributed by atoms with Crippen LogP contribution in [0, 0.1) is 0 Å². The summed E-state index contributed by atoms with van der Waals surface area (Å²) in [5, 5.41) is 0. The molecule has 0 aliphatic carbocycles. The van der Waals surface area contributed by atoms with Crippen LogP contribution in [0.4, 0.5) is 26.3 Å². The quantitative estimate of drug-likeness (QED) is 0.207. The highest BCUT2D eigenvalue weighted by Crippen LogP contribution is 2.71. The number of unbranched alkanes of at least 4 members (excludes halogenated alkanes) is 9. The van der Waals surface area contributed by atoms with E-state index in [4.69, 9.17) is 0 Å². The van der Waals surface area contributed by atoms with E-state index >= 15 is 0 Å². The van der Waals surface area contributed by atoms with Crippen molar-refractivity contribution in [1.82, 2.24) is 0 Å². The molecule has 8 heteroatoms. The van der Waals surface area contributed by atoms with E-state index in [1.54, 1.807) is 0 Å². The SMILES string of the molecule is CCCCCCCCCCCCP(=S)(C(F)(F)F)C(F)(F)F. The summed E-state index contributed by atoms with van der Waals surface area (Å²) in [7, 11) is 0. The van der Waals surface area contributed by atoms with Gasteiger partial charge in [0.15, 0.2) is 6.04 Å². The van der Waals surface area contributed by atoms with Crippen LogP contribution in [0.5, 0.6) is 0 Å². The van der Waals surface area contributed by atoms with Gasteiger partial charge in [-0.25, -0.2) is 0 Å². The molecule has 0 radical (unpaired) electrons. The summed E-state index contributed by atoms with van der Waals surface area (Å²) in [5.74, 6) is -10.6. The predicted octanol–water partition coefficient (Wildman–Crippen LogP) is 7.43. The molecule has 0 aromatic heterocycles. The molecular weight excluding hydrogens is 345 g/mol. The van der Waals surface area contributed by atoms with Crippen molar-refractivity contribution in [3.05, 3.63) is 0 Å². The molecule has 22 heavy (non-hydrogen) atoms. The molecule has 0 bridgehead atoms. The summed E-state index contributed by atoms with van der Waals surface area (Å²) in [5.41, 5.74) is 0. The molecule has 0 saturated carbocycles. The van der Waals surface area contributed by atoms with Crippen LogP contribution in [-0.4, -0.2) is 18.0 Å². The van der Waals surface area contributed by atoms with Gasteiger partial charge in [-0.3, -0.25) is 0 Å². The van der Waals surface area contributed by atoms with Crippen molar-refractivity contribution in [2.24, 2.45) is 0 Å². The molecule has 0 atom stereocenters. The second-order valence-electron chi connectivity index (χ2n) is 5.58. The van der Waals surface area contributed by atoms with Gasteiger partial charge in [0.1, 0.15) is 0 Å². The van der Waals surface area contributed by atoms with Gasteiger partial charge in [-0.2, -0.15) is 26.3 Å². The smallest absolute Gasteiger partial charge is 0.166 e. The third-order valence-corrected chi connectivity index (χ3v) is 8.02. The molecule has 0 fully saturated rings. The zero-order valence-corrected chi connectivity index (χ0v) is 14.6. The summed E-state index contributed by atoms with van der Waals surface area (Å²) in [4.78, 5) is 0. The number of rotatable bonds is 11. The van der Waals surface area contributed by atoms with Crippen LogP contribution >= 0.6 is 6.04 Å². The van der Waals surface area contributed by atoms with Crippen LogP contribution in [0.1, 0.15) is 71.1 Å². The Balaban J connectivity index is 3.91. The van der Waals surface area contributed by atoms with Gasteiger partial charge in [0.05, 0.1) is 0 Å². The van der Waals surface area contributed by atoms with Gasteiger partial charge in [-0.1, -0.05) is 76.5 Å². The molecule has 0 saturated heterocycles. The maximum absolute atomic E-state index is 12.6. The lowest BCUT2D eigenvalue weighted by molar-refractivity contribution is -0.0844. The second kappa shape index (κ2) is 10.2. The van der Waals surface area contributed by atoms with Crippen molar-refractivity contribution >= 4 is 17.8 Å². The summed E-state index contributed by atoms with van der Waals surface area (Å²) in [6.07, 6.45) is 7.69. The maximum Gasteiger partial charge on any atom is 0.422 e. The average molecular weight is 370 g/mol. The van der Waals surface area contributed by atoms with Gasteiger partial charge in [-0.05, 0) is 12.6 Å². The van der Waals surface area contributed by atoms with E-state index in [0.29, 0.717) is 12.8 Å². The molecule has 0 amide bonds. The van der Waals surface area contributed by atoms with Gasteiger partial charge in [0, 0.05) is 0 Å². The van der Waals surface area contributed by atoms with Gasteiger partial charge in [-0.15, -0.1) is 0 Å². The largest absolute Gasteiger partial charge is 0.422 e. The number of hydrogen-bond acceptors (Lipinski definition) is 1. The van der Waals surface area contributed by atoms with Crippen molar-refractivity contribution in [2.75, 3.05) is 6.16 Å². The molecule has 0 aliphatic heterocycles. The molecule has 0 spiro atoms. The van der Waals surface area contributed by atoms with Crippen LogP contribution in [-0.2, 0) is 11.8 Å². The number of hydrogen-bond donors (Lipinski definition) is 0. The zero-order chi connectivity index (χ0) is 17.3. The van der Waals surface area contributed by atoms with Crippen LogP contribution in [0.3, 0.4) is 0 Å². The molecule has 0 aromatic rings. The number of alkyl halides is 6. The first-order valence-corrected chi connectivity index (χ1v) is 10.8. The Morgan fingerprint density at radius 2 is 0.955 bits per heavy atom. The molecule has 0 aromatic carbocycles. The highest BCUT2D eigenvalue weighted by atomic mass is 32.4. The van der Waals surface area contributed by atoms with Crippen molar-refractivity contribution in [3.63, 3.8) is 0 Å². The lowest BCUT2D eigenvalue weighted by Gasteiger charge is -2.26. The normalized spacial score (nSPS) is 13.6. The Morgan fingerprint density at radius 3 is 1.27 bits per heavy atom. The Bertz CT molecular complexity index is 319. The molecule has 0 rings (SSSR count). The Morgan fingerprint density at radius 1 is 0.636 bits per heavy atom. The summed E-state index contributed by atoms with van der Waals surface area (Å²) in [6, 6.07) is -5.33. The van der Waals surface area contributed by atoms with Gasteiger partial charge in [0.25, 0.3) is 0 Å². The van der Waals surface area contributed by atoms with Gasteiger partial charge in [0.2, 0.25) is 0 Å². The minimum atomic E-state index is -5.33. The van der Waals surface area contributed by atoms with Crippen LogP contribution < -0.4 is 0 Å². The first-order valence-electron chi connectivity index (χ1n) is 7.79. The third-order valence-electron chi connectivity index (χ3n) is 3.65. The van der Waals surface area contributed by atoms with Crippen LogP contribution in [0.15, 0.2) is 0 Å². The van der Waals surface area contributed by atoms with E-state index in [1.165, 1.54) is 19.3 Å². The molecular formula is C14H25F6PS. The zero-order valence-electron chi connectivity index (χ0n) is 12.9. The third kappa shape index (κ3) is 7.67. The predicted molar refractivity (Wildman–Crippen MR) is 83.1 cm³/mol. The summed E-state index contributed by atoms with van der Waals surface area (Å²) >= 11 is 4.00. The van der Waals surface area contributed by atoms with Crippen LogP contribution in [0.25, 0.3) is 0 Å². The standard InChI is InChI=1S/C14H25F6PS/c1-2-3-4-5-6-7-8-9-10-11-12-21(22,13(15,16)17)14(18,19)20/h2-12H2,1H3. The van der Waals surface area contributed by atoms with E-state index in [2.05, 4.69) is 18.7 Å². The summed E-state index contributed by atoms with van der Waals surface area (Å²) in [6.45, 7) is 2.13. The van der Waals surface area contributed by atoms with Crippen molar-refractivity contribution in [2.45, 2.75) is 83.0 Å². The molecule has 0 N–H and O–H groups in total. The fourth-order valence-electron chi connectivity index (χ4n) is 2.22. The maximum atomic E-state index is 12.6. The fourth-order valence-corrected chi connectivity index (χ4v) is 4.07. The highest BCUT2D eigenvalue weighted by Gasteiger charge is 2.62. The van der Waals surface area contributed by atoms with Gasteiger partial charge < -0.3 is 0 Å². The topological polar surface area (TPSA) is 0 Å². The van der Waals surface area contributed by atoms with Gasteiger partial charge >= 0.3 is 11.8 Å². The first-order chi connectivity index (χ1) is 10.1. The van der Waals surface area contributed by atoms with Crippen molar-refractivity contribution in [3.8, 4) is 0 Å². The Labute approximate surface area is 134 Å². The molecule has 134 valence electrons. The fraction of sp³-hybridized carbons (Fsp3) is 1.00. The Hall–Kier alpha value is 0.230. The van der Waals surface area contributed by atoms with E-state index in [0.717, 1.165) is 25.7 Å². The minimum absolute atomic E-state index is 0.0911.